The van der Waals surface area contributed by atoms with E-state index in [-0.39, 0.29) is 64.6 Å². The van der Waals surface area contributed by atoms with Gasteiger partial charge in [0.05, 0.1) is 23.9 Å². The summed E-state index contributed by atoms with van der Waals surface area (Å²) in [6, 6.07) is 55.2. The van der Waals surface area contributed by atoms with Crippen LogP contribution in [0.1, 0.15) is 222 Å². The Labute approximate surface area is 817 Å². The first-order chi connectivity index (χ1) is 67.7. The van der Waals surface area contributed by atoms with Crippen LogP contribution in [-0.4, -0.2) is 116 Å². The number of amides is 5. The number of ether oxygens (including phenoxy) is 5. The molecule has 15 aromatic rings. The molecule has 3 unspecified atom stereocenters. The molecule has 10 aromatic heterocycles. The topological polar surface area (TPSA) is 367 Å². The van der Waals surface area contributed by atoms with Crippen molar-refractivity contribution in [1.82, 2.24) is 49.8 Å². The molecule has 720 valence electrons. The molecule has 0 spiro atoms. The van der Waals surface area contributed by atoms with Crippen molar-refractivity contribution in [2.45, 2.75) is 188 Å². The summed E-state index contributed by atoms with van der Waals surface area (Å²) in [5.41, 5.74) is 10.9. The summed E-state index contributed by atoms with van der Waals surface area (Å²) in [6.07, 6.45) is 40.3. The maximum Gasteiger partial charge on any atom is 0.278 e. The molecular formula is C111H116ClFN16O11. The predicted octanol–water partition coefficient (Wildman–Crippen LogP) is 24.7. The van der Waals surface area contributed by atoms with E-state index in [9.17, 15) is 33.5 Å². The minimum atomic E-state index is -0.650. The number of hydrogen-bond donors (Lipinski definition) is 7. The number of halogens is 2. The SMILES string of the molecule is CC1(C)CCCC(Oc2nccc3cc(NC(=O)c4ccccn4)ccc23)C1.CC1(C)CCCC(Oc2nccc3cc(NC(=O)c4ncccc4N)ccc23)C1.CC1(C)CCCC(Oc2nccc3cc(NC(=O)c4ncccc4O)ccc23)C1.O=C(Nc1ccc2c(OCC3CCCC3)nccc2c1)c1ncccc1Cl.O=C(Nc1ccc2c(OCC3CCCC3)nccc2c1)c1ncccc1F. The highest BCUT2D eigenvalue weighted by Crippen LogP contribution is 2.43. The van der Waals surface area contributed by atoms with Crippen molar-refractivity contribution in [2.75, 3.05) is 45.5 Å². The minimum absolute atomic E-state index is 0.00809. The molecule has 5 aromatic carbocycles. The summed E-state index contributed by atoms with van der Waals surface area (Å²) < 4.78 is 44.5. The number of aromatic hydroxyl groups is 1. The van der Waals surface area contributed by atoms with Gasteiger partial charge in [-0.05, 0) is 340 Å². The van der Waals surface area contributed by atoms with Crippen LogP contribution in [0.2, 0.25) is 5.02 Å². The van der Waals surface area contributed by atoms with Gasteiger partial charge in [0, 0.05) is 117 Å². The smallest absolute Gasteiger partial charge is 0.278 e. The number of aromatic nitrogens is 10. The molecule has 5 aliphatic rings. The van der Waals surface area contributed by atoms with Crippen molar-refractivity contribution in [1.29, 1.82) is 0 Å². The molecular weight excluding hydrogens is 1790 g/mol. The van der Waals surface area contributed by atoms with Gasteiger partial charge in [0.2, 0.25) is 29.4 Å². The maximum absolute atomic E-state index is 13.7. The molecule has 5 amide bonds. The monoisotopic (exact) mass is 1900 g/mol. The summed E-state index contributed by atoms with van der Waals surface area (Å²) in [6.45, 7) is 15.2. The standard InChI is InChI=1S/C23H26N4O2.C23H25N3O3.C23H25N3O2.C21H20ClN3O2.C21H20FN3O2/c1-23(2)10-3-5-17(14-23)29-22-18-8-7-16(13-15(18)9-12-26-22)27-21(28)20-19(24)6-4-11-25-20;1-23(2)10-3-5-17(14-23)29-22-18-8-7-16(13-15(18)9-12-25-22)26-21(28)20-19(27)6-4-11-24-20;1-23(2)11-5-6-18(15-23)28-22-19-9-8-17(14-16(19)10-13-25-22)26-21(27)20-7-3-4-12-24-20;2*22-18-6-3-10-23-19(18)20(26)25-16-7-8-17-15(12-16)9-11-24-21(17)27-13-14-4-1-2-5-14/h4,6-9,11-13,17H,3,5,10,14,24H2,1-2H3,(H,27,28);4,6-9,11-13,17,27H,3,5,10,14H2,1-2H3,(H,26,28);3-4,7-10,12-14,18H,5-6,11,15H2,1-2H3,(H,26,27);2*3,6-12,14H,1-2,4-5,13H2,(H,25,26). The largest absolute Gasteiger partial charge is 0.505 e. The van der Waals surface area contributed by atoms with Gasteiger partial charge < -0.3 is 61.1 Å². The van der Waals surface area contributed by atoms with Crippen molar-refractivity contribution in [3.8, 4) is 35.1 Å². The first-order valence-corrected chi connectivity index (χ1v) is 48.3. The van der Waals surface area contributed by atoms with Gasteiger partial charge in [0.1, 0.15) is 35.4 Å². The van der Waals surface area contributed by atoms with Crippen molar-refractivity contribution in [3.05, 3.63) is 289 Å². The van der Waals surface area contributed by atoms with Gasteiger partial charge in [0.25, 0.3) is 29.5 Å². The predicted molar refractivity (Wildman–Crippen MR) is 546 cm³/mol. The van der Waals surface area contributed by atoms with E-state index in [2.05, 4.69) is 118 Å². The van der Waals surface area contributed by atoms with E-state index in [4.69, 9.17) is 41.0 Å². The molecule has 20 rings (SSSR count). The lowest BCUT2D eigenvalue weighted by Gasteiger charge is -2.35. The Balaban J connectivity index is 0.000000126. The van der Waals surface area contributed by atoms with E-state index < -0.39 is 17.6 Å². The Morgan fingerprint density at radius 3 is 1.05 bits per heavy atom. The van der Waals surface area contributed by atoms with Gasteiger partial charge in [-0.15, -0.1) is 0 Å². The molecule has 140 heavy (non-hydrogen) atoms. The number of nitrogens with one attached hydrogen (secondary N) is 5. The Morgan fingerprint density at radius 2 is 0.679 bits per heavy atom. The third-order valence-electron chi connectivity index (χ3n) is 26.0. The van der Waals surface area contributed by atoms with Crippen LogP contribution in [0.5, 0.6) is 35.1 Å². The van der Waals surface area contributed by atoms with Crippen LogP contribution in [0.15, 0.2) is 250 Å². The molecule has 8 N–H and O–H groups in total. The molecule has 0 aliphatic heterocycles. The van der Waals surface area contributed by atoms with Gasteiger partial charge in [-0.1, -0.05) is 84.9 Å². The zero-order chi connectivity index (χ0) is 97.7. The summed E-state index contributed by atoms with van der Waals surface area (Å²) in [5.74, 6) is 1.68. The second-order valence-electron chi connectivity index (χ2n) is 38.6. The van der Waals surface area contributed by atoms with Crippen LogP contribution in [0.3, 0.4) is 0 Å². The maximum atomic E-state index is 13.7. The Hall–Kier alpha value is -14.9. The highest BCUT2D eigenvalue weighted by atomic mass is 35.5. The number of fused-ring (bicyclic) bond motifs is 5. The Kier molecular flexibility index (Phi) is 31.9. The highest BCUT2D eigenvalue weighted by Gasteiger charge is 2.34. The number of benzene rings is 5. The molecule has 5 fully saturated rings. The van der Waals surface area contributed by atoms with Crippen LogP contribution < -0.4 is 56.0 Å². The quantitative estimate of drug-likeness (QED) is 0.0331. The Bertz CT molecular complexity index is 6600. The van der Waals surface area contributed by atoms with Gasteiger partial charge in [-0.2, -0.15) is 0 Å². The summed E-state index contributed by atoms with van der Waals surface area (Å²) in [5, 5.41) is 33.5. The number of hydrogen-bond acceptors (Lipinski definition) is 22. The lowest BCUT2D eigenvalue weighted by atomic mass is 9.76. The molecule has 10 heterocycles. The van der Waals surface area contributed by atoms with Gasteiger partial charge >= 0.3 is 0 Å². The molecule has 27 nitrogen and oxygen atoms in total. The summed E-state index contributed by atoms with van der Waals surface area (Å²) in [7, 11) is 0. The summed E-state index contributed by atoms with van der Waals surface area (Å²) in [4.78, 5) is 104. The molecule has 0 saturated heterocycles. The Morgan fingerprint density at radius 1 is 0.350 bits per heavy atom. The first kappa shape index (κ1) is 98.1. The van der Waals surface area contributed by atoms with Crippen LogP contribution in [0.4, 0.5) is 38.5 Å². The van der Waals surface area contributed by atoms with E-state index in [1.54, 1.807) is 110 Å². The van der Waals surface area contributed by atoms with Crippen LogP contribution in [0, 0.1) is 33.9 Å². The third-order valence-corrected chi connectivity index (χ3v) is 26.3. The van der Waals surface area contributed by atoms with Gasteiger partial charge in [-0.3, -0.25) is 29.0 Å². The molecule has 5 saturated carbocycles. The first-order valence-electron chi connectivity index (χ1n) is 48.0. The van der Waals surface area contributed by atoms with E-state index in [1.165, 1.54) is 120 Å². The summed E-state index contributed by atoms with van der Waals surface area (Å²) >= 11 is 6.04. The normalized spacial score (nSPS) is 16.9. The molecule has 0 radical (unpaired) electrons. The van der Waals surface area contributed by atoms with Crippen molar-refractivity contribution in [2.24, 2.45) is 28.1 Å². The molecule has 3 atom stereocenters. The number of carbonyl (C=O) groups is 5. The fraction of sp³-hybridized carbons (Fsp3) is 0.324. The number of rotatable bonds is 22. The molecule has 29 heteroatoms. The van der Waals surface area contributed by atoms with Crippen LogP contribution in [0.25, 0.3) is 53.9 Å². The molecule has 5 aliphatic carbocycles. The second-order valence-corrected chi connectivity index (χ2v) is 39.1. The lowest BCUT2D eigenvalue weighted by molar-refractivity contribution is 0.0824. The number of carbonyl (C=O) groups excluding carboxylic acids is 5. The number of nitrogens with zero attached hydrogens (tertiary/aromatic N) is 10. The average molecular weight is 1900 g/mol. The number of nitrogen functional groups attached to an aromatic ring is 1. The van der Waals surface area contributed by atoms with E-state index >= 15 is 0 Å². The average Bonchev–Trinajstić information content (AvgIpc) is 1.13. The minimum Gasteiger partial charge on any atom is -0.505 e. The second kappa shape index (κ2) is 45.6. The van der Waals surface area contributed by atoms with E-state index in [0.717, 1.165) is 98.1 Å². The number of anilines is 6. The fourth-order valence-corrected chi connectivity index (χ4v) is 19.0. The van der Waals surface area contributed by atoms with Crippen molar-refractivity contribution in [3.63, 3.8) is 0 Å². The lowest BCUT2D eigenvalue weighted by Crippen LogP contribution is -2.30. The third kappa shape index (κ3) is 26.3. The van der Waals surface area contributed by atoms with E-state index in [0.29, 0.717) is 110 Å². The van der Waals surface area contributed by atoms with Crippen LogP contribution in [-0.2, 0) is 0 Å². The number of pyridine rings is 10. The number of nitrogens with two attached hydrogens (primary N) is 1. The highest BCUT2D eigenvalue weighted by molar-refractivity contribution is 6.34. The fourth-order valence-electron chi connectivity index (χ4n) is 18.8. The zero-order valence-electron chi connectivity index (χ0n) is 79.4. The van der Waals surface area contributed by atoms with Crippen molar-refractivity contribution < 1.29 is 57.2 Å². The molecule has 0 bridgehead atoms. The van der Waals surface area contributed by atoms with Gasteiger partial charge in [0.15, 0.2) is 22.9 Å². The van der Waals surface area contributed by atoms with Crippen LogP contribution >= 0.6 is 11.6 Å². The van der Waals surface area contributed by atoms with Crippen molar-refractivity contribution >= 4 is 129 Å². The zero-order valence-corrected chi connectivity index (χ0v) is 80.2. The van der Waals surface area contributed by atoms with Gasteiger partial charge in [-0.25, -0.2) is 49.2 Å². The van der Waals surface area contributed by atoms with E-state index in [1.807, 2.05) is 109 Å².